The van der Waals surface area contributed by atoms with E-state index >= 15 is 0 Å². The highest BCUT2D eigenvalue weighted by Gasteiger charge is 2.22. The molecule has 0 unspecified atom stereocenters. The molecule has 0 fully saturated rings. The van der Waals surface area contributed by atoms with Crippen molar-refractivity contribution < 1.29 is 27.6 Å². The molecule has 0 radical (unpaired) electrons. The van der Waals surface area contributed by atoms with Crippen molar-refractivity contribution in [1.82, 2.24) is 0 Å². The third-order valence-corrected chi connectivity index (χ3v) is 6.88. The second kappa shape index (κ2) is 11.2. The highest BCUT2D eigenvalue weighted by Crippen LogP contribution is 2.41. The molecule has 0 aliphatic heterocycles. The van der Waals surface area contributed by atoms with Crippen molar-refractivity contribution in [3.05, 3.63) is 82.9 Å². The highest BCUT2D eigenvalue weighted by atomic mass is 35.5. The van der Waals surface area contributed by atoms with Gasteiger partial charge in [0.1, 0.15) is 22.0 Å². The zero-order valence-electron chi connectivity index (χ0n) is 20.5. The summed E-state index contributed by atoms with van der Waals surface area (Å²) in [5.41, 5.74) is 0.412. The Bertz CT molecular complexity index is 1650. The topological polar surface area (TPSA) is 138 Å². The van der Waals surface area contributed by atoms with Crippen LogP contribution >= 0.6 is 11.6 Å². The van der Waals surface area contributed by atoms with Crippen molar-refractivity contribution in [2.24, 2.45) is 10.2 Å². The molecule has 3 N–H and O–H groups in total. The standard InChI is InChI=1S/C27H24ClN3O6S/c1-3-16-13-18(28)15-23(26(16)38(34,35)36)30-31-24-21-8-6-5-7-17(21)14-22(25(24)32)27(33)29-19-9-11-20(12-10-19)37-4-2/h5-15,32H,3-4H2,1-2H3,(H,29,33)(H,34,35,36). The molecule has 0 saturated carbocycles. The average Bonchev–Trinajstić information content (AvgIpc) is 2.88. The van der Waals surface area contributed by atoms with E-state index in [1.165, 1.54) is 18.2 Å². The number of halogens is 1. The molecule has 1 amide bonds. The summed E-state index contributed by atoms with van der Waals surface area (Å²) in [6.07, 6.45) is 0.258. The normalized spacial score (nSPS) is 11.7. The molecule has 4 aromatic carbocycles. The molecule has 0 aliphatic carbocycles. The van der Waals surface area contributed by atoms with Crippen LogP contribution in [0, 0.1) is 0 Å². The number of amides is 1. The number of ether oxygens (including phenoxy) is 1. The number of anilines is 1. The van der Waals surface area contributed by atoms with E-state index in [1.807, 2.05) is 6.92 Å². The van der Waals surface area contributed by atoms with Gasteiger partial charge in [0.25, 0.3) is 16.0 Å². The minimum atomic E-state index is -4.66. The van der Waals surface area contributed by atoms with Crippen molar-refractivity contribution in [2.45, 2.75) is 25.2 Å². The lowest BCUT2D eigenvalue weighted by molar-refractivity contribution is 0.102. The Balaban J connectivity index is 1.80. The van der Waals surface area contributed by atoms with E-state index in [4.69, 9.17) is 16.3 Å². The Morgan fingerprint density at radius 3 is 2.39 bits per heavy atom. The lowest BCUT2D eigenvalue weighted by atomic mass is 10.0. The number of carbonyl (C=O) groups excluding carboxylic acids is 1. The number of carbonyl (C=O) groups is 1. The van der Waals surface area contributed by atoms with Crippen LogP contribution in [0.2, 0.25) is 5.02 Å². The summed E-state index contributed by atoms with van der Waals surface area (Å²) in [5.74, 6) is -0.399. The molecular weight excluding hydrogens is 530 g/mol. The van der Waals surface area contributed by atoms with Crippen molar-refractivity contribution in [2.75, 3.05) is 11.9 Å². The molecule has 0 atom stereocenters. The number of hydrogen-bond acceptors (Lipinski definition) is 7. The quantitative estimate of drug-likeness (QED) is 0.157. The maximum atomic E-state index is 13.1. The van der Waals surface area contributed by atoms with Crippen LogP contribution in [0.3, 0.4) is 0 Å². The van der Waals surface area contributed by atoms with E-state index in [0.29, 0.717) is 28.8 Å². The molecule has 0 saturated heterocycles. The Kier molecular flexibility index (Phi) is 7.96. The molecule has 196 valence electrons. The lowest BCUT2D eigenvalue weighted by Gasteiger charge is -2.12. The summed E-state index contributed by atoms with van der Waals surface area (Å²) in [6, 6.07) is 17.8. The zero-order chi connectivity index (χ0) is 27.4. The van der Waals surface area contributed by atoms with E-state index in [1.54, 1.807) is 55.5 Å². The predicted octanol–water partition coefficient (Wildman–Crippen LogP) is 7.07. The minimum absolute atomic E-state index is 0.0562. The molecule has 0 aliphatic rings. The van der Waals surface area contributed by atoms with Crippen LogP contribution in [0.1, 0.15) is 29.8 Å². The first-order valence-electron chi connectivity index (χ1n) is 11.6. The van der Waals surface area contributed by atoms with E-state index in [0.717, 1.165) is 0 Å². The Morgan fingerprint density at radius 1 is 1.03 bits per heavy atom. The highest BCUT2D eigenvalue weighted by molar-refractivity contribution is 7.86. The van der Waals surface area contributed by atoms with Crippen molar-refractivity contribution >= 4 is 55.5 Å². The smallest absolute Gasteiger partial charge is 0.297 e. The summed E-state index contributed by atoms with van der Waals surface area (Å²) in [4.78, 5) is 12.7. The number of aryl methyl sites for hydroxylation is 1. The number of benzene rings is 4. The van der Waals surface area contributed by atoms with Gasteiger partial charge in [0.05, 0.1) is 12.2 Å². The van der Waals surface area contributed by atoms with E-state index in [9.17, 15) is 22.9 Å². The third-order valence-electron chi connectivity index (χ3n) is 5.67. The lowest BCUT2D eigenvalue weighted by Crippen LogP contribution is -2.12. The van der Waals surface area contributed by atoms with Gasteiger partial charge in [-0.1, -0.05) is 42.8 Å². The number of hydrogen-bond donors (Lipinski definition) is 3. The Labute approximate surface area is 224 Å². The molecule has 0 bridgehead atoms. The van der Waals surface area contributed by atoms with Crippen LogP contribution in [0.4, 0.5) is 17.1 Å². The monoisotopic (exact) mass is 553 g/mol. The maximum Gasteiger partial charge on any atom is 0.297 e. The number of nitrogens with one attached hydrogen (secondary N) is 1. The maximum absolute atomic E-state index is 13.1. The fourth-order valence-corrected chi connectivity index (χ4v) is 5.10. The van der Waals surface area contributed by atoms with Gasteiger partial charge >= 0.3 is 0 Å². The van der Waals surface area contributed by atoms with Crippen LogP contribution in [-0.2, 0) is 16.5 Å². The number of nitrogens with zero attached hydrogens (tertiary/aromatic N) is 2. The number of fused-ring (bicyclic) bond motifs is 1. The van der Waals surface area contributed by atoms with Crippen LogP contribution in [-0.4, -0.2) is 30.6 Å². The van der Waals surface area contributed by atoms with Gasteiger partial charge in [-0.3, -0.25) is 9.35 Å². The van der Waals surface area contributed by atoms with Crippen molar-refractivity contribution in [1.29, 1.82) is 0 Å². The molecule has 4 rings (SSSR count). The molecule has 11 heteroatoms. The first kappa shape index (κ1) is 27.1. The average molecular weight is 554 g/mol. The molecule has 0 aromatic heterocycles. The number of phenols is 1. The van der Waals surface area contributed by atoms with Gasteiger partial charge in [-0.15, -0.1) is 10.2 Å². The molecule has 38 heavy (non-hydrogen) atoms. The second-order valence-electron chi connectivity index (χ2n) is 8.20. The summed E-state index contributed by atoms with van der Waals surface area (Å²) < 4.78 is 39.4. The van der Waals surface area contributed by atoms with Gasteiger partial charge in [0.15, 0.2) is 5.75 Å². The number of azo groups is 1. The number of phenolic OH excluding ortho intramolecular Hbond substituents is 1. The van der Waals surface area contributed by atoms with E-state index in [-0.39, 0.29) is 33.9 Å². The predicted molar refractivity (Wildman–Crippen MR) is 146 cm³/mol. The fraction of sp³-hybridized carbons (Fsp3) is 0.148. The Hall–Kier alpha value is -3.99. The molecule has 0 spiro atoms. The van der Waals surface area contributed by atoms with Crippen molar-refractivity contribution in [3.8, 4) is 11.5 Å². The fourth-order valence-electron chi connectivity index (χ4n) is 3.96. The van der Waals surface area contributed by atoms with Gasteiger partial charge in [0, 0.05) is 16.1 Å². The number of aromatic hydroxyl groups is 1. The molecule has 9 nitrogen and oxygen atoms in total. The first-order valence-corrected chi connectivity index (χ1v) is 13.4. The van der Waals surface area contributed by atoms with Gasteiger partial charge in [-0.25, -0.2) is 0 Å². The third kappa shape index (κ3) is 5.77. The summed E-state index contributed by atoms with van der Waals surface area (Å²) in [6.45, 7) is 4.08. The molecular formula is C27H24ClN3O6S. The van der Waals surface area contributed by atoms with Crippen LogP contribution in [0.25, 0.3) is 10.8 Å². The van der Waals surface area contributed by atoms with Gasteiger partial charge in [0.2, 0.25) is 0 Å². The van der Waals surface area contributed by atoms with Crippen LogP contribution in [0.15, 0.2) is 81.9 Å². The Morgan fingerprint density at radius 2 is 1.74 bits per heavy atom. The minimum Gasteiger partial charge on any atom is -0.505 e. The van der Waals surface area contributed by atoms with Gasteiger partial charge in [-0.05, 0) is 66.8 Å². The summed E-state index contributed by atoms with van der Waals surface area (Å²) >= 11 is 6.14. The van der Waals surface area contributed by atoms with Crippen LogP contribution in [0.5, 0.6) is 11.5 Å². The summed E-state index contributed by atoms with van der Waals surface area (Å²) in [7, 11) is -4.66. The van der Waals surface area contributed by atoms with E-state index < -0.39 is 26.7 Å². The zero-order valence-corrected chi connectivity index (χ0v) is 22.0. The SMILES string of the molecule is CCOc1ccc(NC(=O)c2cc3ccccc3c(N=Nc3cc(Cl)cc(CC)c3S(=O)(=O)O)c2O)cc1. The van der Waals surface area contributed by atoms with Gasteiger partial charge < -0.3 is 15.2 Å². The largest absolute Gasteiger partial charge is 0.505 e. The first-order chi connectivity index (χ1) is 18.1. The summed E-state index contributed by atoms with van der Waals surface area (Å²) in [5, 5.41) is 23.2. The molecule has 4 aromatic rings. The van der Waals surface area contributed by atoms with Gasteiger partial charge in [-0.2, -0.15) is 8.42 Å². The second-order valence-corrected chi connectivity index (χ2v) is 9.99. The molecule has 0 heterocycles. The van der Waals surface area contributed by atoms with Crippen molar-refractivity contribution in [3.63, 3.8) is 0 Å². The van der Waals surface area contributed by atoms with Crippen LogP contribution < -0.4 is 10.1 Å². The number of rotatable bonds is 8. The van der Waals surface area contributed by atoms with E-state index in [2.05, 4.69) is 15.5 Å².